The van der Waals surface area contributed by atoms with E-state index >= 15 is 0 Å². The van der Waals surface area contributed by atoms with Crippen molar-refractivity contribution in [3.05, 3.63) is 41.6 Å². The highest BCUT2D eigenvalue weighted by atomic mass is 32.2. The number of nitrogens with one attached hydrogen (secondary N) is 2. The molecule has 7 nitrogen and oxygen atoms in total. The zero-order valence-electron chi connectivity index (χ0n) is 10.8. The third-order valence-electron chi connectivity index (χ3n) is 2.78. The van der Waals surface area contributed by atoms with Crippen molar-refractivity contribution in [3.8, 4) is 0 Å². The van der Waals surface area contributed by atoms with Crippen LogP contribution in [-0.2, 0) is 16.4 Å². The Bertz CT molecular complexity index is 719. The molecule has 0 spiro atoms. The zero-order chi connectivity index (χ0) is 14.8. The predicted molar refractivity (Wildman–Crippen MR) is 73.7 cm³/mol. The molecule has 0 saturated carbocycles. The second-order valence-corrected chi connectivity index (χ2v) is 5.81. The molecule has 0 aliphatic rings. The summed E-state index contributed by atoms with van der Waals surface area (Å²) in [7, 11) is -3.79. The van der Waals surface area contributed by atoms with Crippen molar-refractivity contribution in [3.63, 3.8) is 0 Å². The molecule has 1 aromatic carbocycles. The fourth-order valence-corrected chi connectivity index (χ4v) is 2.68. The summed E-state index contributed by atoms with van der Waals surface area (Å²) >= 11 is 0. The number of H-pyrrole nitrogens is 1. The Hall–Kier alpha value is -2.35. The van der Waals surface area contributed by atoms with Gasteiger partial charge in [-0.2, -0.15) is 5.10 Å². The van der Waals surface area contributed by atoms with E-state index in [-0.39, 0.29) is 16.3 Å². The molecule has 0 aliphatic heterocycles. The van der Waals surface area contributed by atoms with Crippen LogP contribution in [0.5, 0.6) is 0 Å². The molecule has 0 fully saturated rings. The van der Waals surface area contributed by atoms with Gasteiger partial charge < -0.3 is 5.73 Å². The number of sulfonamides is 1. The Morgan fingerprint density at radius 3 is 2.55 bits per heavy atom. The molecule has 2 aromatic rings. The summed E-state index contributed by atoms with van der Waals surface area (Å²) in [5.74, 6) is -0.810. The van der Waals surface area contributed by atoms with Gasteiger partial charge in [0.2, 0.25) is 0 Å². The summed E-state index contributed by atoms with van der Waals surface area (Å²) in [6.07, 6.45) is 1.99. The highest BCUT2D eigenvalue weighted by molar-refractivity contribution is 7.92. The minimum absolute atomic E-state index is 0.0150. The molecule has 1 aromatic heterocycles. The number of anilines is 1. The maximum Gasteiger partial charge on any atom is 0.263 e. The average molecular weight is 294 g/mol. The summed E-state index contributed by atoms with van der Waals surface area (Å²) in [5.41, 5.74) is 6.14. The number of aromatic nitrogens is 2. The number of nitrogens with zero attached hydrogens (tertiary/aromatic N) is 1. The third kappa shape index (κ3) is 2.80. The molecule has 1 heterocycles. The van der Waals surface area contributed by atoms with Gasteiger partial charge in [0.25, 0.3) is 15.9 Å². The van der Waals surface area contributed by atoms with Gasteiger partial charge in [-0.25, -0.2) is 8.42 Å². The lowest BCUT2D eigenvalue weighted by Crippen LogP contribution is -2.18. The van der Waals surface area contributed by atoms with E-state index in [0.29, 0.717) is 0 Å². The number of carbonyl (C=O) groups excluding carboxylic acids is 1. The Labute approximate surface area is 116 Å². The Morgan fingerprint density at radius 2 is 2.00 bits per heavy atom. The smallest absolute Gasteiger partial charge is 0.263 e. The summed E-state index contributed by atoms with van der Waals surface area (Å²) in [4.78, 5) is 11.2. The SMILES string of the molecule is CCc1ccc(S(=O)(=O)Nc2[nH]ncc2C(N)=O)cc1. The minimum Gasteiger partial charge on any atom is -0.365 e. The third-order valence-corrected chi connectivity index (χ3v) is 4.15. The van der Waals surface area contributed by atoms with Crippen LogP contribution in [0.4, 0.5) is 5.82 Å². The summed E-state index contributed by atoms with van der Waals surface area (Å²) in [5, 5.41) is 5.99. The molecule has 1 amide bonds. The van der Waals surface area contributed by atoms with Gasteiger partial charge in [0.05, 0.1) is 11.1 Å². The predicted octanol–water partition coefficient (Wildman–Crippen LogP) is 0.872. The molecule has 2 rings (SSSR count). The first kappa shape index (κ1) is 14.1. The monoisotopic (exact) mass is 294 g/mol. The van der Waals surface area contributed by atoms with Gasteiger partial charge in [-0.3, -0.25) is 14.6 Å². The maximum atomic E-state index is 12.2. The van der Waals surface area contributed by atoms with Crippen LogP contribution in [0.1, 0.15) is 22.8 Å². The standard InChI is InChI=1S/C12H14N4O3S/c1-2-8-3-5-9(6-4-8)20(18,19)16-12-10(11(13)17)7-14-15-12/h3-7H,2H2,1H3,(H2,13,17)(H2,14,15,16). The highest BCUT2D eigenvalue weighted by Gasteiger charge is 2.19. The molecule has 4 N–H and O–H groups in total. The lowest BCUT2D eigenvalue weighted by molar-refractivity contribution is 0.100. The fraction of sp³-hybridized carbons (Fsp3) is 0.167. The lowest BCUT2D eigenvalue weighted by Gasteiger charge is -2.07. The van der Waals surface area contributed by atoms with Crippen LogP contribution >= 0.6 is 0 Å². The molecular weight excluding hydrogens is 280 g/mol. The number of aryl methyl sites for hydroxylation is 1. The maximum absolute atomic E-state index is 12.2. The van der Waals surface area contributed by atoms with E-state index < -0.39 is 15.9 Å². The number of primary amides is 1. The van der Waals surface area contributed by atoms with Crippen molar-refractivity contribution in [2.24, 2.45) is 5.73 Å². The van der Waals surface area contributed by atoms with Gasteiger partial charge in [0.15, 0.2) is 0 Å². The number of rotatable bonds is 5. The van der Waals surface area contributed by atoms with E-state index in [0.717, 1.165) is 12.0 Å². The summed E-state index contributed by atoms with van der Waals surface area (Å²) in [6, 6.07) is 6.47. The van der Waals surface area contributed by atoms with Crippen LogP contribution in [0.15, 0.2) is 35.4 Å². The van der Waals surface area contributed by atoms with E-state index in [9.17, 15) is 13.2 Å². The largest absolute Gasteiger partial charge is 0.365 e. The van der Waals surface area contributed by atoms with Crippen molar-refractivity contribution in [2.45, 2.75) is 18.2 Å². The molecule has 20 heavy (non-hydrogen) atoms. The van der Waals surface area contributed by atoms with E-state index in [1.165, 1.54) is 18.3 Å². The molecule has 0 atom stereocenters. The molecule has 0 bridgehead atoms. The minimum atomic E-state index is -3.79. The number of hydrogen-bond donors (Lipinski definition) is 3. The molecule has 0 saturated heterocycles. The number of benzene rings is 1. The Kier molecular flexibility index (Phi) is 3.75. The van der Waals surface area contributed by atoms with Crippen molar-refractivity contribution < 1.29 is 13.2 Å². The first-order valence-electron chi connectivity index (χ1n) is 5.89. The van der Waals surface area contributed by atoms with Crippen LogP contribution in [0, 0.1) is 0 Å². The van der Waals surface area contributed by atoms with Crippen LogP contribution in [0.3, 0.4) is 0 Å². The summed E-state index contributed by atoms with van der Waals surface area (Å²) in [6.45, 7) is 1.98. The van der Waals surface area contributed by atoms with Gasteiger partial charge in [-0.15, -0.1) is 0 Å². The number of nitrogens with two attached hydrogens (primary N) is 1. The molecule has 0 unspecified atom stereocenters. The molecular formula is C12H14N4O3S. The van der Waals surface area contributed by atoms with Crippen LogP contribution in [0.2, 0.25) is 0 Å². The normalized spacial score (nSPS) is 11.2. The van der Waals surface area contributed by atoms with E-state index in [2.05, 4.69) is 14.9 Å². The van der Waals surface area contributed by atoms with Crippen molar-refractivity contribution in [1.29, 1.82) is 0 Å². The molecule has 8 heteroatoms. The average Bonchev–Trinajstić information content (AvgIpc) is 2.86. The van der Waals surface area contributed by atoms with Crippen LogP contribution in [-0.4, -0.2) is 24.5 Å². The first-order chi connectivity index (χ1) is 9.44. The summed E-state index contributed by atoms with van der Waals surface area (Å²) < 4.78 is 26.6. The first-order valence-corrected chi connectivity index (χ1v) is 7.37. The Balaban J connectivity index is 2.30. The number of carbonyl (C=O) groups is 1. The van der Waals surface area contributed by atoms with Crippen molar-refractivity contribution >= 4 is 21.7 Å². The number of hydrogen-bond acceptors (Lipinski definition) is 4. The quantitative estimate of drug-likeness (QED) is 0.758. The fourth-order valence-electron chi connectivity index (χ4n) is 1.65. The molecule has 106 valence electrons. The van der Waals surface area contributed by atoms with Gasteiger partial charge in [0.1, 0.15) is 11.4 Å². The molecule has 0 aliphatic carbocycles. The van der Waals surface area contributed by atoms with E-state index in [1.54, 1.807) is 12.1 Å². The number of amides is 1. The van der Waals surface area contributed by atoms with E-state index in [4.69, 9.17) is 5.73 Å². The van der Waals surface area contributed by atoms with Gasteiger partial charge in [-0.05, 0) is 24.1 Å². The van der Waals surface area contributed by atoms with Crippen molar-refractivity contribution in [1.82, 2.24) is 10.2 Å². The zero-order valence-corrected chi connectivity index (χ0v) is 11.6. The van der Waals surface area contributed by atoms with Crippen LogP contribution in [0.25, 0.3) is 0 Å². The van der Waals surface area contributed by atoms with Crippen molar-refractivity contribution in [2.75, 3.05) is 4.72 Å². The topological polar surface area (TPSA) is 118 Å². The number of aromatic amines is 1. The Morgan fingerprint density at radius 1 is 1.35 bits per heavy atom. The van der Waals surface area contributed by atoms with E-state index in [1.807, 2.05) is 6.92 Å². The highest BCUT2D eigenvalue weighted by Crippen LogP contribution is 2.17. The van der Waals surface area contributed by atoms with Crippen LogP contribution < -0.4 is 10.5 Å². The molecule has 0 radical (unpaired) electrons. The second-order valence-electron chi connectivity index (χ2n) is 4.13. The lowest BCUT2D eigenvalue weighted by atomic mass is 10.2. The van der Waals surface area contributed by atoms with Gasteiger partial charge in [-0.1, -0.05) is 19.1 Å². The van der Waals surface area contributed by atoms with Gasteiger partial charge >= 0.3 is 0 Å². The van der Waals surface area contributed by atoms with Gasteiger partial charge in [0, 0.05) is 0 Å². The second kappa shape index (κ2) is 5.33.